The van der Waals surface area contributed by atoms with E-state index in [9.17, 15) is 24.8 Å². The van der Waals surface area contributed by atoms with Crippen molar-refractivity contribution in [2.75, 3.05) is 13.7 Å². The van der Waals surface area contributed by atoms with Gasteiger partial charge in [-0.25, -0.2) is 9.79 Å². The number of aromatic carboxylic acids is 1. The number of phenolic OH excluding ortho intramolecular Hbond substituents is 1. The summed E-state index contributed by atoms with van der Waals surface area (Å²) < 4.78 is 5.26. The first-order chi connectivity index (χ1) is 14.7. The lowest BCUT2D eigenvalue weighted by molar-refractivity contribution is -0.385. The molecule has 2 aromatic carbocycles. The van der Waals surface area contributed by atoms with Gasteiger partial charge in [0.05, 0.1) is 33.8 Å². The van der Waals surface area contributed by atoms with Gasteiger partial charge in [0, 0.05) is 18.7 Å². The highest BCUT2D eigenvalue weighted by Gasteiger charge is 2.31. The molecule has 0 radical (unpaired) electrons. The molecule has 0 unspecified atom stereocenters. The zero-order chi connectivity index (χ0) is 22.7. The molecule has 3 rings (SSSR count). The molecule has 0 atom stereocenters. The van der Waals surface area contributed by atoms with Crippen LogP contribution in [0.25, 0.3) is 6.08 Å². The highest BCUT2D eigenvalue weighted by atomic mass is 32.2. The number of likely N-dealkylation sites (N-methyl/N-ethyl adjacent to an activating group) is 1. The Bertz CT molecular complexity index is 1130. The predicted molar refractivity (Wildman–Crippen MR) is 115 cm³/mol. The van der Waals surface area contributed by atoms with E-state index in [1.807, 2.05) is 0 Å². The first-order valence-electron chi connectivity index (χ1n) is 8.95. The second-order valence-electron chi connectivity index (χ2n) is 6.29. The Morgan fingerprint density at radius 1 is 1.32 bits per heavy atom. The van der Waals surface area contributed by atoms with Gasteiger partial charge in [-0.3, -0.25) is 19.8 Å². The SMILES string of the molecule is CCOc1cc([N+](=O)[O-])cc(C=C2SC(=Nc3ccc(C(=O)O)cc3)N(C)C2=O)c1O. The van der Waals surface area contributed by atoms with Gasteiger partial charge in [-0.2, -0.15) is 0 Å². The van der Waals surface area contributed by atoms with Crippen LogP contribution in [0.5, 0.6) is 11.5 Å². The topological polar surface area (TPSA) is 143 Å². The Labute approximate surface area is 180 Å². The number of nitro benzene ring substituents is 1. The summed E-state index contributed by atoms with van der Waals surface area (Å²) in [6, 6.07) is 8.09. The number of nitro groups is 1. The monoisotopic (exact) mass is 443 g/mol. The molecule has 160 valence electrons. The number of nitrogens with zero attached hydrogens (tertiary/aromatic N) is 3. The molecule has 1 aliphatic rings. The summed E-state index contributed by atoms with van der Waals surface area (Å²) in [5.74, 6) is -1.84. The van der Waals surface area contributed by atoms with Crippen LogP contribution in [0.2, 0.25) is 0 Å². The van der Waals surface area contributed by atoms with Crippen LogP contribution in [0.15, 0.2) is 46.3 Å². The number of thioether (sulfide) groups is 1. The standard InChI is InChI=1S/C20H17N3O7S/c1-3-30-15-10-14(23(28)29)8-12(17(15)24)9-16-18(25)22(2)20(31-16)21-13-6-4-11(5-7-13)19(26)27/h4-10,24H,3H2,1-2H3,(H,26,27). The third-order valence-electron chi connectivity index (χ3n) is 4.23. The molecule has 2 aromatic rings. The number of aromatic hydroxyl groups is 1. The second kappa shape index (κ2) is 8.88. The molecule has 1 fully saturated rings. The number of carboxylic acids is 1. The van der Waals surface area contributed by atoms with Crippen LogP contribution in [0.3, 0.4) is 0 Å². The third kappa shape index (κ3) is 4.67. The zero-order valence-corrected chi connectivity index (χ0v) is 17.3. The van der Waals surface area contributed by atoms with E-state index in [2.05, 4.69) is 4.99 Å². The van der Waals surface area contributed by atoms with E-state index < -0.39 is 16.8 Å². The predicted octanol–water partition coefficient (Wildman–Crippen LogP) is 3.63. The van der Waals surface area contributed by atoms with E-state index in [4.69, 9.17) is 9.84 Å². The van der Waals surface area contributed by atoms with Gasteiger partial charge in [-0.1, -0.05) is 0 Å². The van der Waals surface area contributed by atoms with Crippen LogP contribution in [0, 0.1) is 10.1 Å². The number of phenols is 1. The number of rotatable bonds is 6. The fourth-order valence-electron chi connectivity index (χ4n) is 2.68. The Kier molecular flexibility index (Phi) is 6.25. The highest BCUT2D eigenvalue weighted by molar-refractivity contribution is 8.18. The molecule has 1 saturated heterocycles. The van der Waals surface area contributed by atoms with Crippen molar-refractivity contribution in [3.63, 3.8) is 0 Å². The van der Waals surface area contributed by atoms with Crippen molar-refractivity contribution >= 4 is 46.3 Å². The normalized spacial score (nSPS) is 16.2. The summed E-state index contributed by atoms with van der Waals surface area (Å²) in [4.78, 5) is 40.0. The number of carboxylic acid groups (broad SMARTS) is 1. The van der Waals surface area contributed by atoms with Crippen molar-refractivity contribution in [3.8, 4) is 11.5 Å². The molecule has 10 nitrogen and oxygen atoms in total. The molecule has 1 heterocycles. The van der Waals surface area contributed by atoms with Crippen molar-refractivity contribution in [3.05, 3.63) is 62.5 Å². The Morgan fingerprint density at radius 3 is 2.58 bits per heavy atom. The number of amidine groups is 1. The average Bonchev–Trinajstić information content (AvgIpc) is 2.99. The molecular formula is C20H17N3O7S. The second-order valence-corrected chi connectivity index (χ2v) is 7.30. The number of hydrogen-bond donors (Lipinski definition) is 2. The third-order valence-corrected chi connectivity index (χ3v) is 5.29. The van der Waals surface area contributed by atoms with Gasteiger partial charge in [-0.05, 0) is 49.0 Å². The number of carbonyl (C=O) groups is 2. The molecule has 1 amide bonds. The molecule has 0 spiro atoms. The van der Waals surface area contributed by atoms with Crippen LogP contribution in [0.4, 0.5) is 11.4 Å². The van der Waals surface area contributed by atoms with Gasteiger partial charge in [0.1, 0.15) is 0 Å². The number of non-ortho nitro benzene ring substituents is 1. The van der Waals surface area contributed by atoms with Crippen molar-refractivity contribution in [2.24, 2.45) is 4.99 Å². The summed E-state index contributed by atoms with van der Waals surface area (Å²) in [5.41, 5.74) is 0.336. The molecule has 31 heavy (non-hydrogen) atoms. The molecule has 0 saturated carbocycles. The van der Waals surface area contributed by atoms with Crippen LogP contribution < -0.4 is 4.74 Å². The maximum Gasteiger partial charge on any atom is 0.335 e. The molecule has 0 aromatic heterocycles. The Morgan fingerprint density at radius 2 is 2.00 bits per heavy atom. The van der Waals surface area contributed by atoms with Gasteiger partial charge in [0.15, 0.2) is 16.7 Å². The number of ether oxygens (including phenoxy) is 1. The molecule has 0 bridgehead atoms. The summed E-state index contributed by atoms with van der Waals surface area (Å²) in [7, 11) is 1.51. The smallest absolute Gasteiger partial charge is 0.335 e. The Hall–Kier alpha value is -3.86. The van der Waals surface area contributed by atoms with Gasteiger partial charge >= 0.3 is 5.97 Å². The van der Waals surface area contributed by atoms with Crippen LogP contribution in [-0.2, 0) is 4.79 Å². The molecule has 0 aliphatic carbocycles. The number of carbonyl (C=O) groups excluding carboxylic acids is 1. The maximum absolute atomic E-state index is 12.6. The van der Waals surface area contributed by atoms with Crippen LogP contribution >= 0.6 is 11.8 Å². The van der Waals surface area contributed by atoms with Crippen molar-refractivity contribution in [1.29, 1.82) is 0 Å². The van der Waals surface area contributed by atoms with E-state index in [1.54, 1.807) is 6.92 Å². The fourth-order valence-corrected chi connectivity index (χ4v) is 3.65. The molecule has 1 aliphatic heterocycles. The number of aliphatic imine (C=N–C) groups is 1. The van der Waals surface area contributed by atoms with Gasteiger partial charge < -0.3 is 14.9 Å². The van der Waals surface area contributed by atoms with E-state index >= 15 is 0 Å². The van der Waals surface area contributed by atoms with Crippen LogP contribution in [0.1, 0.15) is 22.8 Å². The average molecular weight is 443 g/mol. The van der Waals surface area contributed by atoms with Crippen LogP contribution in [-0.4, -0.2) is 50.7 Å². The van der Waals surface area contributed by atoms with E-state index in [-0.39, 0.29) is 39.8 Å². The Balaban J connectivity index is 1.96. The number of hydrogen-bond acceptors (Lipinski definition) is 8. The van der Waals surface area contributed by atoms with Gasteiger partial charge in [-0.15, -0.1) is 0 Å². The number of benzene rings is 2. The molecule has 11 heteroatoms. The summed E-state index contributed by atoms with van der Waals surface area (Å²) >= 11 is 1.02. The summed E-state index contributed by atoms with van der Waals surface area (Å²) in [5, 5.41) is 30.9. The van der Waals surface area contributed by atoms with E-state index in [0.29, 0.717) is 10.9 Å². The van der Waals surface area contributed by atoms with E-state index in [1.165, 1.54) is 42.3 Å². The quantitative estimate of drug-likeness (QED) is 0.391. The first-order valence-corrected chi connectivity index (χ1v) is 9.76. The lowest BCUT2D eigenvalue weighted by Gasteiger charge is -2.08. The minimum Gasteiger partial charge on any atom is -0.504 e. The number of amides is 1. The largest absolute Gasteiger partial charge is 0.504 e. The lowest BCUT2D eigenvalue weighted by Crippen LogP contribution is -2.23. The zero-order valence-electron chi connectivity index (χ0n) is 16.4. The minimum atomic E-state index is -1.06. The lowest BCUT2D eigenvalue weighted by atomic mass is 10.1. The first kappa shape index (κ1) is 21.8. The fraction of sp³-hybridized carbons (Fsp3) is 0.150. The molecule has 2 N–H and O–H groups in total. The van der Waals surface area contributed by atoms with Gasteiger partial charge in [0.25, 0.3) is 11.6 Å². The van der Waals surface area contributed by atoms with Gasteiger partial charge in [0.2, 0.25) is 0 Å². The van der Waals surface area contributed by atoms with Crippen molar-refractivity contribution in [2.45, 2.75) is 6.92 Å². The van der Waals surface area contributed by atoms with E-state index in [0.717, 1.165) is 23.9 Å². The maximum atomic E-state index is 12.6. The molecular weight excluding hydrogens is 426 g/mol. The van der Waals surface area contributed by atoms with Crippen molar-refractivity contribution in [1.82, 2.24) is 4.90 Å². The van der Waals surface area contributed by atoms with Crippen molar-refractivity contribution < 1.29 is 29.5 Å². The minimum absolute atomic E-state index is 0.0558. The highest BCUT2D eigenvalue weighted by Crippen LogP contribution is 2.39. The summed E-state index contributed by atoms with van der Waals surface area (Å²) in [6.07, 6.45) is 1.34. The summed E-state index contributed by atoms with van der Waals surface area (Å²) in [6.45, 7) is 1.87.